The average molecular weight is 254 g/mol. The first-order valence-corrected chi connectivity index (χ1v) is 7.68. The van der Waals surface area contributed by atoms with Crippen LogP contribution in [0.2, 0.25) is 0 Å². The van der Waals surface area contributed by atoms with E-state index in [1.807, 2.05) is 0 Å². The van der Waals surface area contributed by atoms with E-state index < -0.39 is 0 Å². The molecule has 0 radical (unpaired) electrons. The highest BCUT2D eigenvalue weighted by Gasteiger charge is 2.48. The van der Waals surface area contributed by atoms with Gasteiger partial charge in [0.1, 0.15) is 0 Å². The lowest BCUT2D eigenvalue weighted by atomic mass is 9.63. The zero-order valence-electron chi connectivity index (χ0n) is 12.3. The maximum absolute atomic E-state index is 6.12. The molecule has 0 aromatic rings. The third-order valence-electron chi connectivity index (χ3n) is 5.08. The fraction of sp³-hybridized carbons (Fsp3) is 1.00. The summed E-state index contributed by atoms with van der Waals surface area (Å²) in [6.45, 7) is 10.9. The molecule has 1 aliphatic heterocycles. The first-order valence-electron chi connectivity index (χ1n) is 7.68. The molecule has 0 bridgehead atoms. The maximum atomic E-state index is 6.12. The van der Waals surface area contributed by atoms with Gasteiger partial charge in [-0.25, -0.2) is 0 Å². The summed E-state index contributed by atoms with van der Waals surface area (Å²) in [4.78, 5) is 2.65. The Morgan fingerprint density at radius 1 is 1.39 bits per heavy atom. The molecular formula is C15H30N2O. The highest BCUT2D eigenvalue weighted by molar-refractivity contribution is 5.04. The predicted octanol–water partition coefficient (Wildman–Crippen LogP) is 2.25. The van der Waals surface area contributed by atoms with Gasteiger partial charge in [-0.2, -0.15) is 0 Å². The minimum Gasteiger partial charge on any atom is -0.377 e. The quantitative estimate of drug-likeness (QED) is 0.836. The molecule has 2 N–H and O–H groups in total. The number of hydrogen-bond acceptors (Lipinski definition) is 3. The Hall–Kier alpha value is -0.120. The largest absolute Gasteiger partial charge is 0.377 e. The van der Waals surface area contributed by atoms with E-state index in [0.717, 1.165) is 44.4 Å². The Morgan fingerprint density at radius 2 is 2.11 bits per heavy atom. The first kappa shape index (κ1) is 14.3. The van der Waals surface area contributed by atoms with Gasteiger partial charge >= 0.3 is 0 Å². The zero-order chi connectivity index (χ0) is 13.2. The molecule has 2 fully saturated rings. The minimum absolute atomic E-state index is 0.288. The van der Waals surface area contributed by atoms with Crippen LogP contribution in [0.25, 0.3) is 0 Å². The third kappa shape index (κ3) is 2.73. The van der Waals surface area contributed by atoms with Crippen LogP contribution in [0.3, 0.4) is 0 Å². The van der Waals surface area contributed by atoms with Gasteiger partial charge in [0, 0.05) is 31.8 Å². The maximum Gasteiger partial charge on any atom is 0.0699 e. The Kier molecular flexibility index (Phi) is 4.68. The summed E-state index contributed by atoms with van der Waals surface area (Å²) < 4.78 is 5.88. The van der Waals surface area contributed by atoms with Crippen LogP contribution >= 0.6 is 0 Å². The summed E-state index contributed by atoms with van der Waals surface area (Å²) in [7, 11) is 0. The molecule has 1 aliphatic carbocycles. The van der Waals surface area contributed by atoms with Crippen molar-refractivity contribution in [3.8, 4) is 0 Å². The summed E-state index contributed by atoms with van der Waals surface area (Å²) in [5.74, 6) is 1.67. The molecule has 1 unspecified atom stereocenters. The van der Waals surface area contributed by atoms with Crippen molar-refractivity contribution >= 4 is 0 Å². The summed E-state index contributed by atoms with van der Waals surface area (Å²) in [6, 6.07) is 0. The molecule has 1 saturated heterocycles. The van der Waals surface area contributed by atoms with Crippen molar-refractivity contribution in [2.24, 2.45) is 17.6 Å². The van der Waals surface area contributed by atoms with Crippen LogP contribution in [0.5, 0.6) is 0 Å². The van der Waals surface area contributed by atoms with Gasteiger partial charge in [-0.05, 0) is 37.5 Å². The lowest BCUT2D eigenvalue weighted by Crippen LogP contribution is -2.63. The van der Waals surface area contributed by atoms with Crippen molar-refractivity contribution in [2.75, 3.05) is 26.2 Å². The van der Waals surface area contributed by atoms with Crippen molar-refractivity contribution in [1.29, 1.82) is 0 Å². The normalized spacial score (nSPS) is 38.5. The van der Waals surface area contributed by atoms with Gasteiger partial charge in [0.15, 0.2) is 0 Å². The second-order valence-corrected chi connectivity index (χ2v) is 6.54. The van der Waals surface area contributed by atoms with Crippen LogP contribution in [-0.4, -0.2) is 42.8 Å². The van der Waals surface area contributed by atoms with E-state index in [1.165, 1.54) is 19.4 Å². The van der Waals surface area contributed by atoms with Gasteiger partial charge in [0.05, 0.1) is 6.10 Å². The van der Waals surface area contributed by atoms with Crippen LogP contribution in [0.1, 0.15) is 46.5 Å². The van der Waals surface area contributed by atoms with Gasteiger partial charge in [0.2, 0.25) is 0 Å². The summed E-state index contributed by atoms with van der Waals surface area (Å²) >= 11 is 0. The van der Waals surface area contributed by atoms with Crippen molar-refractivity contribution < 1.29 is 4.74 Å². The van der Waals surface area contributed by atoms with Crippen LogP contribution < -0.4 is 5.73 Å². The molecule has 2 rings (SSSR count). The highest BCUT2D eigenvalue weighted by Crippen LogP contribution is 2.46. The SMILES string of the molecule is CCC1CN(C2(CN)CC(C(C)C)C2)CCCO1. The molecule has 1 atom stereocenters. The van der Waals surface area contributed by atoms with E-state index in [9.17, 15) is 0 Å². The molecular weight excluding hydrogens is 224 g/mol. The molecule has 0 spiro atoms. The van der Waals surface area contributed by atoms with E-state index >= 15 is 0 Å². The van der Waals surface area contributed by atoms with E-state index in [4.69, 9.17) is 10.5 Å². The summed E-state index contributed by atoms with van der Waals surface area (Å²) in [6.07, 6.45) is 5.26. The molecule has 2 aliphatic rings. The Balaban J connectivity index is 1.99. The van der Waals surface area contributed by atoms with E-state index in [-0.39, 0.29) is 5.54 Å². The zero-order valence-corrected chi connectivity index (χ0v) is 12.3. The van der Waals surface area contributed by atoms with Gasteiger partial charge in [-0.15, -0.1) is 0 Å². The second kappa shape index (κ2) is 5.89. The molecule has 106 valence electrons. The molecule has 0 aromatic heterocycles. The molecule has 0 amide bonds. The monoisotopic (exact) mass is 254 g/mol. The van der Waals surface area contributed by atoms with E-state index in [2.05, 4.69) is 25.7 Å². The topological polar surface area (TPSA) is 38.5 Å². The summed E-state index contributed by atoms with van der Waals surface area (Å²) in [5.41, 5.74) is 6.41. The van der Waals surface area contributed by atoms with Crippen LogP contribution in [0.4, 0.5) is 0 Å². The van der Waals surface area contributed by atoms with Crippen molar-refractivity contribution in [3.63, 3.8) is 0 Å². The highest BCUT2D eigenvalue weighted by atomic mass is 16.5. The first-order chi connectivity index (χ1) is 8.61. The van der Waals surface area contributed by atoms with Gasteiger partial charge in [-0.1, -0.05) is 20.8 Å². The number of ether oxygens (including phenoxy) is 1. The summed E-state index contributed by atoms with van der Waals surface area (Å²) in [5, 5.41) is 0. The fourth-order valence-corrected chi connectivity index (χ4v) is 3.51. The van der Waals surface area contributed by atoms with Crippen molar-refractivity contribution in [2.45, 2.75) is 58.1 Å². The molecule has 1 heterocycles. The fourth-order valence-electron chi connectivity index (χ4n) is 3.51. The molecule has 3 heteroatoms. The Bertz CT molecular complexity index is 261. The van der Waals surface area contributed by atoms with Crippen LogP contribution in [-0.2, 0) is 4.74 Å². The number of nitrogens with two attached hydrogens (primary N) is 1. The van der Waals surface area contributed by atoms with E-state index in [0.29, 0.717) is 6.10 Å². The lowest BCUT2D eigenvalue weighted by Gasteiger charge is -2.55. The average Bonchev–Trinajstić information content (AvgIpc) is 2.54. The molecule has 1 saturated carbocycles. The van der Waals surface area contributed by atoms with Crippen molar-refractivity contribution in [1.82, 2.24) is 4.90 Å². The second-order valence-electron chi connectivity index (χ2n) is 6.54. The lowest BCUT2D eigenvalue weighted by molar-refractivity contribution is -0.0485. The molecule has 0 aromatic carbocycles. The smallest absolute Gasteiger partial charge is 0.0699 e. The standard InChI is InChI=1S/C15H30N2O/c1-4-14-10-17(6-5-7-18-14)15(11-16)8-13(9-15)12(2)3/h12-14H,4-11,16H2,1-3H3. The Labute approximate surface area is 112 Å². The molecule has 18 heavy (non-hydrogen) atoms. The van der Waals surface area contributed by atoms with Gasteiger partial charge in [0.25, 0.3) is 0 Å². The van der Waals surface area contributed by atoms with Gasteiger partial charge < -0.3 is 10.5 Å². The van der Waals surface area contributed by atoms with E-state index in [1.54, 1.807) is 0 Å². The van der Waals surface area contributed by atoms with Gasteiger partial charge in [-0.3, -0.25) is 4.90 Å². The number of rotatable bonds is 4. The minimum atomic E-state index is 0.288. The Morgan fingerprint density at radius 3 is 2.67 bits per heavy atom. The third-order valence-corrected chi connectivity index (χ3v) is 5.08. The number of hydrogen-bond donors (Lipinski definition) is 1. The van der Waals surface area contributed by atoms with Crippen LogP contribution in [0.15, 0.2) is 0 Å². The predicted molar refractivity (Wildman–Crippen MR) is 75.6 cm³/mol. The van der Waals surface area contributed by atoms with Crippen LogP contribution in [0, 0.1) is 11.8 Å². The number of nitrogens with zero attached hydrogens (tertiary/aromatic N) is 1. The molecule has 3 nitrogen and oxygen atoms in total. The van der Waals surface area contributed by atoms with Crippen molar-refractivity contribution in [3.05, 3.63) is 0 Å².